The SMILES string of the molecule is NC(CCC1CCCCO1)CC1CCCc2ccccc21. The van der Waals surface area contributed by atoms with Gasteiger partial charge >= 0.3 is 0 Å². The van der Waals surface area contributed by atoms with E-state index in [2.05, 4.69) is 24.3 Å². The number of hydrogen-bond acceptors (Lipinski definition) is 2. The van der Waals surface area contributed by atoms with Crippen LogP contribution in [-0.4, -0.2) is 18.8 Å². The minimum atomic E-state index is 0.326. The van der Waals surface area contributed by atoms with Crippen LogP contribution in [0.5, 0.6) is 0 Å². The predicted molar refractivity (Wildman–Crippen MR) is 87.5 cm³/mol. The molecule has 0 spiro atoms. The van der Waals surface area contributed by atoms with Crippen LogP contribution >= 0.6 is 0 Å². The number of nitrogens with two attached hydrogens (primary N) is 1. The van der Waals surface area contributed by atoms with E-state index in [0.29, 0.717) is 18.1 Å². The summed E-state index contributed by atoms with van der Waals surface area (Å²) >= 11 is 0. The van der Waals surface area contributed by atoms with Crippen molar-refractivity contribution in [3.8, 4) is 0 Å². The van der Waals surface area contributed by atoms with E-state index >= 15 is 0 Å². The molecule has 1 aliphatic heterocycles. The summed E-state index contributed by atoms with van der Waals surface area (Å²) < 4.78 is 5.82. The Bertz CT molecular complexity index is 439. The van der Waals surface area contributed by atoms with Crippen LogP contribution in [0.2, 0.25) is 0 Å². The third-order valence-electron chi connectivity index (χ3n) is 5.21. The van der Waals surface area contributed by atoms with Crippen LogP contribution in [0.4, 0.5) is 0 Å². The maximum atomic E-state index is 6.42. The molecule has 0 radical (unpaired) electrons. The maximum Gasteiger partial charge on any atom is 0.0575 e. The molecule has 0 saturated carbocycles. The highest BCUT2D eigenvalue weighted by Crippen LogP contribution is 2.35. The fraction of sp³-hybridized carbons (Fsp3) is 0.684. The van der Waals surface area contributed by atoms with Crippen LogP contribution in [0.3, 0.4) is 0 Å². The molecule has 0 amide bonds. The molecule has 2 nitrogen and oxygen atoms in total. The van der Waals surface area contributed by atoms with Crippen molar-refractivity contribution >= 4 is 0 Å². The summed E-state index contributed by atoms with van der Waals surface area (Å²) in [7, 11) is 0. The first-order valence-electron chi connectivity index (χ1n) is 8.78. The molecule has 116 valence electrons. The van der Waals surface area contributed by atoms with E-state index in [0.717, 1.165) is 25.9 Å². The van der Waals surface area contributed by atoms with Gasteiger partial charge in [0.15, 0.2) is 0 Å². The van der Waals surface area contributed by atoms with E-state index in [1.807, 2.05) is 0 Å². The molecule has 1 aromatic carbocycles. The van der Waals surface area contributed by atoms with Crippen molar-refractivity contribution in [3.63, 3.8) is 0 Å². The number of rotatable bonds is 5. The van der Waals surface area contributed by atoms with Crippen molar-refractivity contribution in [1.29, 1.82) is 0 Å². The van der Waals surface area contributed by atoms with E-state index in [-0.39, 0.29) is 0 Å². The first-order valence-corrected chi connectivity index (χ1v) is 8.78. The van der Waals surface area contributed by atoms with Gasteiger partial charge in [-0.15, -0.1) is 0 Å². The van der Waals surface area contributed by atoms with E-state index in [9.17, 15) is 0 Å². The summed E-state index contributed by atoms with van der Waals surface area (Å²) in [5.74, 6) is 0.678. The van der Waals surface area contributed by atoms with Gasteiger partial charge in [-0.1, -0.05) is 24.3 Å². The lowest BCUT2D eigenvalue weighted by Crippen LogP contribution is -2.27. The number of benzene rings is 1. The Morgan fingerprint density at radius 1 is 1.14 bits per heavy atom. The lowest BCUT2D eigenvalue weighted by atomic mass is 9.79. The Morgan fingerprint density at radius 3 is 2.90 bits per heavy atom. The smallest absolute Gasteiger partial charge is 0.0575 e. The van der Waals surface area contributed by atoms with Crippen LogP contribution in [0.15, 0.2) is 24.3 Å². The Morgan fingerprint density at radius 2 is 2.05 bits per heavy atom. The van der Waals surface area contributed by atoms with Gasteiger partial charge in [0.05, 0.1) is 6.10 Å². The molecule has 1 aliphatic carbocycles. The van der Waals surface area contributed by atoms with Crippen LogP contribution in [0, 0.1) is 0 Å². The average molecular weight is 287 g/mol. The normalized spacial score (nSPS) is 27.1. The highest BCUT2D eigenvalue weighted by molar-refractivity contribution is 5.32. The van der Waals surface area contributed by atoms with Gasteiger partial charge in [-0.05, 0) is 74.8 Å². The average Bonchev–Trinajstić information content (AvgIpc) is 2.54. The van der Waals surface area contributed by atoms with E-state index in [1.165, 1.54) is 38.5 Å². The second kappa shape index (κ2) is 7.42. The number of hydrogen-bond donors (Lipinski definition) is 1. The molecule has 0 aromatic heterocycles. The summed E-state index contributed by atoms with van der Waals surface area (Å²) in [6, 6.07) is 9.28. The Labute approximate surface area is 129 Å². The summed E-state index contributed by atoms with van der Waals surface area (Å²) in [6.07, 6.45) is 11.6. The van der Waals surface area contributed by atoms with Gasteiger partial charge in [-0.25, -0.2) is 0 Å². The molecule has 21 heavy (non-hydrogen) atoms. The second-order valence-corrected chi connectivity index (χ2v) is 6.85. The summed E-state index contributed by atoms with van der Waals surface area (Å²) in [5.41, 5.74) is 9.54. The lowest BCUT2D eigenvalue weighted by molar-refractivity contribution is 0.00893. The largest absolute Gasteiger partial charge is 0.378 e. The Balaban J connectivity index is 1.49. The van der Waals surface area contributed by atoms with E-state index in [1.54, 1.807) is 11.1 Å². The Kier molecular flexibility index (Phi) is 5.32. The van der Waals surface area contributed by atoms with Gasteiger partial charge in [-0.3, -0.25) is 0 Å². The molecule has 3 atom stereocenters. The molecule has 2 N–H and O–H groups in total. The van der Waals surface area contributed by atoms with Gasteiger partial charge in [0.2, 0.25) is 0 Å². The highest BCUT2D eigenvalue weighted by atomic mass is 16.5. The van der Waals surface area contributed by atoms with Crippen molar-refractivity contribution in [2.75, 3.05) is 6.61 Å². The molecule has 1 saturated heterocycles. The summed E-state index contributed by atoms with van der Waals surface area (Å²) in [5, 5.41) is 0. The third-order valence-corrected chi connectivity index (χ3v) is 5.21. The molecular formula is C19H29NO. The van der Waals surface area contributed by atoms with Gasteiger partial charge in [0.1, 0.15) is 0 Å². The molecule has 1 aromatic rings. The van der Waals surface area contributed by atoms with Crippen molar-refractivity contribution in [2.45, 2.75) is 75.9 Å². The molecule has 1 fully saturated rings. The third kappa shape index (κ3) is 4.08. The van der Waals surface area contributed by atoms with Crippen LogP contribution in [-0.2, 0) is 11.2 Å². The topological polar surface area (TPSA) is 35.2 Å². The van der Waals surface area contributed by atoms with Crippen molar-refractivity contribution < 1.29 is 4.74 Å². The van der Waals surface area contributed by atoms with Crippen molar-refractivity contribution in [1.82, 2.24) is 0 Å². The van der Waals surface area contributed by atoms with Gasteiger partial charge in [-0.2, -0.15) is 0 Å². The molecule has 3 rings (SSSR count). The first kappa shape index (κ1) is 15.1. The molecule has 1 heterocycles. The maximum absolute atomic E-state index is 6.42. The lowest BCUT2D eigenvalue weighted by Gasteiger charge is -2.29. The van der Waals surface area contributed by atoms with Gasteiger partial charge < -0.3 is 10.5 Å². The number of ether oxygens (including phenoxy) is 1. The fourth-order valence-electron chi connectivity index (χ4n) is 4.02. The van der Waals surface area contributed by atoms with Crippen LogP contribution < -0.4 is 5.73 Å². The molecular weight excluding hydrogens is 258 g/mol. The number of fused-ring (bicyclic) bond motifs is 1. The monoisotopic (exact) mass is 287 g/mol. The highest BCUT2D eigenvalue weighted by Gasteiger charge is 2.22. The first-order chi connectivity index (χ1) is 10.3. The Hall–Kier alpha value is -0.860. The van der Waals surface area contributed by atoms with Crippen molar-refractivity contribution in [2.24, 2.45) is 5.73 Å². The van der Waals surface area contributed by atoms with E-state index < -0.39 is 0 Å². The summed E-state index contributed by atoms with van der Waals surface area (Å²) in [4.78, 5) is 0. The summed E-state index contributed by atoms with van der Waals surface area (Å²) in [6.45, 7) is 0.954. The zero-order chi connectivity index (χ0) is 14.5. The molecule has 3 unspecified atom stereocenters. The van der Waals surface area contributed by atoms with E-state index in [4.69, 9.17) is 10.5 Å². The quantitative estimate of drug-likeness (QED) is 0.882. The van der Waals surface area contributed by atoms with Crippen molar-refractivity contribution in [3.05, 3.63) is 35.4 Å². The van der Waals surface area contributed by atoms with Crippen LogP contribution in [0.25, 0.3) is 0 Å². The fourth-order valence-corrected chi connectivity index (χ4v) is 4.02. The molecule has 0 bridgehead atoms. The van der Waals surface area contributed by atoms with Gasteiger partial charge in [0.25, 0.3) is 0 Å². The molecule has 2 aliphatic rings. The molecule has 2 heteroatoms. The number of aryl methyl sites for hydroxylation is 1. The minimum absolute atomic E-state index is 0.326. The van der Waals surface area contributed by atoms with Crippen LogP contribution in [0.1, 0.15) is 68.4 Å². The van der Waals surface area contributed by atoms with Gasteiger partial charge in [0, 0.05) is 12.6 Å². The minimum Gasteiger partial charge on any atom is -0.378 e. The zero-order valence-electron chi connectivity index (χ0n) is 13.1. The standard InChI is InChI=1S/C19H29NO/c20-17(11-12-18-9-3-4-13-21-18)14-16-8-5-7-15-6-1-2-10-19(15)16/h1-2,6,10,16-18H,3-5,7-9,11-14,20H2. The second-order valence-electron chi connectivity index (χ2n) is 6.85. The predicted octanol–water partition coefficient (Wildman–Crippen LogP) is 4.17. The zero-order valence-corrected chi connectivity index (χ0v) is 13.1.